The van der Waals surface area contributed by atoms with Gasteiger partial charge in [-0.15, -0.1) is 0 Å². The largest absolute Gasteiger partial charge is 0.481 e. The van der Waals surface area contributed by atoms with Gasteiger partial charge in [0, 0.05) is 19.0 Å². The molecule has 0 aromatic carbocycles. The maximum absolute atomic E-state index is 12.1. The van der Waals surface area contributed by atoms with E-state index in [1.54, 1.807) is 6.92 Å². The second-order valence-electron chi connectivity index (χ2n) is 6.35. The van der Waals surface area contributed by atoms with Crippen molar-refractivity contribution in [3.63, 3.8) is 0 Å². The number of hydrogen-bond acceptors (Lipinski definition) is 3. The Morgan fingerprint density at radius 1 is 1.45 bits per heavy atom. The molecule has 0 aliphatic carbocycles. The van der Waals surface area contributed by atoms with Gasteiger partial charge in [0.05, 0.1) is 5.41 Å². The fourth-order valence-electron chi connectivity index (χ4n) is 2.60. The molecule has 20 heavy (non-hydrogen) atoms. The molecular formula is C15H28N2O3. The summed E-state index contributed by atoms with van der Waals surface area (Å²) in [6.45, 7) is 10.4. The summed E-state index contributed by atoms with van der Waals surface area (Å²) in [5.41, 5.74) is -0.997. The van der Waals surface area contributed by atoms with Crippen molar-refractivity contribution in [3.8, 4) is 0 Å². The lowest BCUT2D eigenvalue weighted by molar-refractivity contribution is -0.153. The molecule has 0 radical (unpaired) electrons. The highest BCUT2D eigenvalue weighted by molar-refractivity contribution is 5.85. The summed E-state index contributed by atoms with van der Waals surface area (Å²) in [4.78, 5) is 25.9. The number of nitrogens with zero attached hydrogens (tertiary/aromatic N) is 1. The topological polar surface area (TPSA) is 69.6 Å². The van der Waals surface area contributed by atoms with E-state index >= 15 is 0 Å². The minimum Gasteiger partial charge on any atom is -0.481 e. The number of nitrogens with one attached hydrogen (secondary N) is 1. The Morgan fingerprint density at radius 2 is 2.10 bits per heavy atom. The van der Waals surface area contributed by atoms with Gasteiger partial charge in [0.2, 0.25) is 5.91 Å². The lowest BCUT2D eigenvalue weighted by Crippen LogP contribution is -2.49. The van der Waals surface area contributed by atoms with E-state index in [4.69, 9.17) is 0 Å². The van der Waals surface area contributed by atoms with Crippen LogP contribution in [0.15, 0.2) is 0 Å². The maximum Gasteiger partial charge on any atom is 0.310 e. The third kappa shape index (κ3) is 4.20. The summed E-state index contributed by atoms with van der Waals surface area (Å²) >= 11 is 0. The van der Waals surface area contributed by atoms with Crippen LogP contribution in [0, 0.1) is 11.3 Å². The van der Waals surface area contributed by atoms with Gasteiger partial charge in [-0.1, -0.05) is 20.8 Å². The number of likely N-dealkylation sites (tertiary alicyclic amines) is 1. The van der Waals surface area contributed by atoms with Gasteiger partial charge in [-0.25, -0.2) is 0 Å². The number of hydrogen-bond donors (Lipinski definition) is 2. The quantitative estimate of drug-likeness (QED) is 0.779. The number of amides is 1. The van der Waals surface area contributed by atoms with Gasteiger partial charge < -0.3 is 15.3 Å². The van der Waals surface area contributed by atoms with Crippen LogP contribution in [0.3, 0.4) is 0 Å². The fourth-order valence-corrected chi connectivity index (χ4v) is 2.60. The number of carbonyl (C=O) groups excluding carboxylic acids is 1. The van der Waals surface area contributed by atoms with Crippen molar-refractivity contribution < 1.29 is 14.7 Å². The van der Waals surface area contributed by atoms with E-state index in [2.05, 4.69) is 17.1 Å². The van der Waals surface area contributed by atoms with Gasteiger partial charge in [0.1, 0.15) is 0 Å². The number of carboxylic acid groups (broad SMARTS) is 1. The van der Waals surface area contributed by atoms with Gasteiger partial charge in [-0.3, -0.25) is 9.59 Å². The van der Waals surface area contributed by atoms with E-state index < -0.39 is 11.4 Å². The Morgan fingerprint density at radius 3 is 2.60 bits per heavy atom. The molecule has 116 valence electrons. The molecule has 5 heteroatoms. The molecule has 1 heterocycles. The molecule has 1 rings (SSSR count). The van der Waals surface area contributed by atoms with Crippen molar-refractivity contribution >= 4 is 11.9 Å². The zero-order chi connectivity index (χ0) is 15.3. The first-order valence-corrected chi connectivity index (χ1v) is 7.54. The normalized spacial score (nSPS) is 23.4. The van der Waals surface area contributed by atoms with Crippen LogP contribution >= 0.6 is 0 Å². The van der Waals surface area contributed by atoms with Crippen LogP contribution in [0.1, 0.15) is 47.0 Å². The summed E-state index contributed by atoms with van der Waals surface area (Å²) in [6, 6.07) is 0.154. The monoisotopic (exact) mass is 284 g/mol. The van der Waals surface area contributed by atoms with E-state index in [1.165, 1.54) is 0 Å². The SMILES string of the molecule is CCN1CCCC(NC(=O)CC(C)(C(=O)O)C(C)C)C1. The van der Waals surface area contributed by atoms with E-state index in [0.29, 0.717) is 0 Å². The highest BCUT2D eigenvalue weighted by Gasteiger charge is 2.39. The van der Waals surface area contributed by atoms with Gasteiger partial charge in [0.15, 0.2) is 0 Å². The van der Waals surface area contributed by atoms with E-state index in [-0.39, 0.29) is 24.3 Å². The third-order valence-electron chi connectivity index (χ3n) is 4.61. The van der Waals surface area contributed by atoms with Crippen LogP contribution in [-0.2, 0) is 9.59 Å². The number of likely N-dealkylation sites (N-methyl/N-ethyl adjacent to an activating group) is 1. The van der Waals surface area contributed by atoms with Crippen LogP contribution in [0.4, 0.5) is 0 Å². The fraction of sp³-hybridized carbons (Fsp3) is 0.867. The molecule has 1 aliphatic rings. The molecule has 0 saturated carbocycles. The molecule has 0 aromatic rings. The van der Waals surface area contributed by atoms with E-state index in [9.17, 15) is 14.7 Å². The summed E-state index contributed by atoms with van der Waals surface area (Å²) in [5.74, 6) is -1.13. The average molecular weight is 284 g/mol. The lowest BCUT2D eigenvalue weighted by Gasteiger charge is -2.34. The van der Waals surface area contributed by atoms with Crippen molar-refractivity contribution in [2.75, 3.05) is 19.6 Å². The Bertz CT molecular complexity index is 357. The molecule has 0 bridgehead atoms. The maximum atomic E-state index is 12.1. The average Bonchev–Trinajstić information content (AvgIpc) is 2.38. The van der Waals surface area contributed by atoms with Gasteiger partial charge in [0.25, 0.3) is 0 Å². The number of piperidine rings is 1. The molecule has 0 spiro atoms. The highest BCUT2D eigenvalue weighted by atomic mass is 16.4. The van der Waals surface area contributed by atoms with Crippen molar-refractivity contribution in [3.05, 3.63) is 0 Å². The third-order valence-corrected chi connectivity index (χ3v) is 4.61. The minimum atomic E-state index is -0.997. The second-order valence-corrected chi connectivity index (χ2v) is 6.35. The number of carboxylic acids is 1. The molecule has 2 atom stereocenters. The molecule has 5 nitrogen and oxygen atoms in total. The lowest BCUT2D eigenvalue weighted by atomic mass is 9.76. The van der Waals surface area contributed by atoms with E-state index in [0.717, 1.165) is 32.5 Å². The molecule has 1 aliphatic heterocycles. The zero-order valence-corrected chi connectivity index (χ0v) is 13.1. The number of rotatable bonds is 6. The van der Waals surface area contributed by atoms with Crippen LogP contribution in [0.25, 0.3) is 0 Å². The molecule has 2 N–H and O–H groups in total. The molecule has 1 amide bonds. The van der Waals surface area contributed by atoms with Crippen LogP contribution in [-0.4, -0.2) is 47.6 Å². The van der Waals surface area contributed by atoms with Gasteiger partial charge in [-0.05, 0) is 38.8 Å². The van der Waals surface area contributed by atoms with E-state index in [1.807, 2.05) is 13.8 Å². The Hall–Kier alpha value is -1.10. The van der Waals surface area contributed by atoms with Crippen molar-refractivity contribution in [1.29, 1.82) is 0 Å². The predicted octanol–water partition coefficient (Wildman–Crippen LogP) is 1.72. The van der Waals surface area contributed by atoms with Crippen LogP contribution in [0.5, 0.6) is 0 Å². The Kier molecular flexibility index (Phi) is 5.99. The van der Waals surface area contributed by atoms with Gasteiger partial charge >= 0.3 is 5.97 Å². The molecule has 1 saturated heterocycles. The summed E-state index contributed by atoms with van der Waals surface area (Å²) in [7, 11) is 0. The summed E-state index contributed by atoms with van der Waals surface area (Å²) in [6.07, 6.45) is 2.11. The molecule has 2 unspecified atom stereocenters. The second kappa shape index (κ2) is 7.07. The molecular weight excluding hydrogens is 256 g/mol. The molecule has 0 aromatic heterocycles. The number of aliphatic carboxylic acids is 1. The zero-order valence-electron chi connectivity index (χ0n) is 13.1. The molecule has 1 fully saturated rings. The summed E-state index contributed by atoms with van der Waals surface area (Å²) < 4.78 is 0. The predicted molar refractivity (Wildman–Crippen MR) is 78.5 cm³/mol. The first-order chi connectivity index (χ1) is 9.29. The highest BCUT2D eigenvalue weighted by Crippen LogP contribution is 2.31. The van der Waals surface area contributed by atoms with Crippen molar-refractivity contribution in [2.24, 2.45) is 11.3 Å². The standard InChI is InChI=1S/C15H28N2O3/c1-5-17-8-6-7-12(10-17)16-13(18)9-15(4,11(2)3)14(19)20/h11-12H,5-10H2,1-4H3,(H,16,18)(H,19,20). The van der Waals surface area contributed by atoms with Crippen LogP contribution in [0.2, 0.25) is 0 Å². The smallest absolute Gasteiger partial charge is 0.310 e. The Balaban J connectivity index is 2.56. The first-order valence-electron chi connectivity index (χ1n) is 7.54. The Labute approximate surface area is 121 Å². The first kappa shape index (κ1) is 17.0. The number of carbonyl (C=O) groups is 2. The minimum absolute atomic E-state index is 0.0443. The van der Waals surface area contributed by atoms with Gasteiger partial charge in [-0.2, -0.15) is 0 Å². The van der Waals surface area contributed by atoms with Crippen LogP contribution < -0.4 is 5.32 Å². The van der Waals surface area contributed by atoms with Crippen molar-refractivity contribution in [2.45, 2.75) is 53.0 Å². The summed E-state index contributed by atoms with van der Waals surface area (Å²) in [5, 5.41) is 12.4. The van der Waals surface area contributed by atoms with Crippen molar-refractivity contribution in [1.82, 2.24) is 10.2 Å².